The fourth-order valence-electron chi connectivity index (χ4n) is 5.96. The average Bonchev–Trinajstić information content (AvgIpc) is 3.61. The van der Waals surface area contributed by atoms with Gasteiger partial charge in [0.2, 0.25) is 5.82 Å². The Hall–Kier alpha value is -3.91. The molecule has 4 N–H and O–H groups in total. The molecule has 0 saturated carbocycles. The van der Waals surface area contributed by atoms with E-state index in [-0.39, 0.29) is 40.4 Å². The Morgan fingerprint density at radius 3 is 2.44 bits per heavy atom. The number of aromatic nitrogens is 7. The lowest BCUT2D eigenvalue weighted by Crippen LogP contribution is -2.46. The lowest BCUT2D eigenvalue weighted by Gasteiger charge is -2.38. The molecule has 13 nitrogen and oxygen atoms in total. The number of aliphatic hydroxyl groups is 1. The first kappa shape index (κ1) is 25.4. The number of aromatic amines is 1. The van der Waals surface area contributed by atoms with E-state index in [1.54, 1.807) is 32.3 Å². The zero-order chi connectivity index (χ0) is 27.7. The maximum Gasteiger partial charge on any atom is 0.291 e. The molecule has 1 amide bonds. The van der Waals surface area contributed by atoms with Gasteiger partial charge in [0.05, 0.1) is 17.6 Å². The molecule has 0 aromatic carbocycles. The minimum Gasteiger partial charge on any atom is -0.384 e. The molecular formula is C25H29N9O4S. The topological polar surface area (TPSA) is 185 Å². The molecular weight excluding hydrogens is 522 g/mol. The fraction of sp³-hybridized carbons (Fsp3) is 0.440. The smallest absolute Gasteiger partial charge is 0.291 e. The molecule has 6 heterocycles. The molecule has 6 rings (SSSR count). The Morgan fingerprint density at radius 2 is 1.87 bits per heavy atom. The lowest BCUT2D eigenvalue weighted by atomic mass is 9.87. The van der Waals surface area contributed by atoms with Gasteiger partial charge in [-0.05, 0) is 45.6 Å². The van der Waals surface area contributed by atoms with E-state index >= 15 is 0 Å². The second kappa shape index (κ2) is 8.81. The maximum atomic E-state index is 13.1. The van der Waals surface area contributed by atoms with E-state index in [0.717, 1.165) is 19.1 Å². The molecule has 0 spiro atoms. The molecule has 2 saturated heterocycles. The summed E-state index contributed by atoms with van der Waals surface area (Å²) in [6.07, 6.45) is 8.35. The number of hydrogen-bond acceptors (Lipinski definition) is 10. The van der Waals surface area contributed by atoms with Gasteiger partial charge in [-0.15, -0.1) is 0 Å². The van der Waals surface area contributed by atoms with Crippen LogP contribution in [-0.4, -0.2) is 77.4 Å². The van der Waals surface area contributed by atoms with Crippen molar-refractivity contribution < 1.29 is 18.3 Å². The third-order valence-corrected chi connectivity index (χ3v) is 8.87. The van der Waals surface area contributed by atoms with Crippen LogP contribution in [0.3, 0.4) is 0 Å². The molecule has 2 atom stereocenters. The van der Waals surface area contributed by atoms with E-state index in [1.807, 2.05) is 11.0 Å². The number of pyridine rings is 1. The molecule has 4 aromatic heterocycles. The number of nitrogens with zero attached hydrogens (tertiary/aromatic N) is 7. The van der Waals surface area contributed by atoms with Crippen LogP contribution in [0.1, 0.15) is 67.5 Å². The number of sulfone groups is 1. The average molecular weight is 552 g/mol. The SMILES string of the molecule is CC(C)(O)c1ccc(-c2cnn3c(N)c(S(C)(=O)=O)c(C4CC5CCC(C4)N5C(=O)c4ncn[nH]4)nc23)cn1. The molecule has 14 heteroatoms. The predicted molar refractivity (Wildman–Crippen MR) is 140 cm³/mol. The van der Waals surface area contributed by atoms with Gasteiger partial charge in [0.25, 0.3) is 5.91 Å². The van der Waals surface area contributed by atoms with E-state index in [0.29, 0.717) is 41.0 Å². The third-order valence-electron chi connectivity index (χ3n) is 7.71. The zero-order valence-electron chi connectivity index (χ0n) is 21.7. The number of nitrogens with two attached hydrogens (primary N) is 1. The summed E-state index contributed by atoms with van der Waals surface area (Å²) in [6.45, 7) is 3.31. The van der Waals surface area contributed by atoms with E-state index in [1.165, 1.54) is 10.8 Å². The molecule has 39 heavy (non-hydrogen) atoms. The number of rotatable bonds is 5. The summed E-state index contributed by atoms with van der Waals surface area (Å²) in [4.78, 5) is 28.2. The number of nitrogens with one attached hydrogen (secondary N) is 1. The Labute approximate surface area is 224 Å². The highest BCUT2D eigenvalue weighted by Crippen LogP contribution is 2.45. The van der Waals surface area contributed by atoms with Gasteiger partial charge in [0, 0.05) is 41.6 Å². The minimum absolute atomic E-state index is 0.00247. The van der Waals surface area contributed by atoms with Crippen LogP contribution < -0.4 is 5.73 Å². The molecule has 2 fully saturated rings. The number of nitrogen functional groups attached to an aromatic ring is 1. The Morgan fingerprint density at radius 1 is 1.15 bits per heavy atom. The Kier molecular flexibility index (Phi) is 5.73. The largest absolute Gasteiger partial charge is 0.384 e. The number of fused-ring (bicyclic) bond motifs is 3. The summed E-state index contributed by atoms with van der Waals surface area (Å²) >= 11 is 0. The van der Waals surface area contributed by atoms with Crippen molar-refractivity contribution in [2.75, 3.05) is 12.0 Å². The van der Waals surface area contributed by atoms with Gasteiger partial charge in [0.15, 0.2) is 15.5 Å². The lowest BCUT2D eigenvalue weighted by molar-refractivity contribution is 0.0556. The molecule has 2 bridgehead atoms. The van der Waals surface area contributed by atoms with Crippen LogP contribution >= 0.6 is 0 Å². The molecule has 2 aliphatic heterocycles. The van der Waals surface area contributed by atoms with Crippen molar-refractivity contribution in [2.24, 2.45) is 0 Å². The van der Waals surface area contributed by atoms with Crippen molar-refractivity contribution in [3.05, 3.63) is 48.1 Å². The number of H-pyrrole nitrogens is 1. The summed E-state index contributed by atoms with van der Waals surface area (Å²) in [5.41, 5.74) is 8.03. The monoisotopic (exact) mass is 551 g/mol. The van der Waals surface area contributed by atoms with Gasteiger partial charge in [-0.1, -0.05) is 6.07 Å². The molecule has 4 aromatic rings. The summed E-state index contributed by atoms with van der Waals surface area (Å²) < 4.78 is 27.3. The highest BCUT2D eigenvalue weighted by Gasteiger charge is 2.46. The summed E-state index contributed by atoms with van der Waals surface area (Å²) in [6, 6.07) is 3.38. The van der Waals surface area contributed by atoms with Crippen molar-refractivity contribution in [1.82, 2.24) is 39.7 Å². The highest BCUT2D eigenvalue weighted by molar-refractivity contribution is 7.91. The molecule has 204 valence electrons. The van der Waals surface area contributed by atoms with Crippen LogP contribution in [0.15, 0.2) is 35.7 Å². The summed E-state index contributed by atoms with van der Waals surface area (Å²) in [7, 11) is -3.75. The van der Waals surface area contributed by atoms with Crippen LogP contribution in [0.5, 0.6) is 0 Å². The van der Waals surface area contributed by atoms with Crippen LogP contribution in [0.2, 0.25) is 0 Å². The molecule has 2 unspecified atom stereocenters. The Balaban J connectivity index is 1.42. The second-order valence-corrected chi connectivity index (χ2v) is 12.8. The van der Waals surface area contributed by atoms with Gasteiger partial charge >= 0.3 is 0 Å². The van der Waals surface area contributed by atoms with Crippen molar-refractivity contribution in [3.63, 3.8) is 0 Å². The third kappa shape index (κ3) is 4.23. The predicted octanol–water partition coefficient (Wildman–Crippen LogP) is 1.67. The number of hydrogen-bond donors (Lipinski definition) is 3. The number of carbonyl (C=O) groups excluding carboxylic acids is 1. The molecule has 0 radical (unpaired) electrons. The highest BCUT2D eigenvalue weighted by atomic mass is 32.2. The first-order valence-electron chi connectivity index (χ1n) is 12.7. The Bertz CT molecular complexity index is 1660. The number of piperidine rings is 1. The van der Waals surface area contributed by atoms with Crippen molar-refractivity contribution in [1.29, 1.82) is 0 Å². The van der Waals surface area contributed by atoms with Gasteiger partial charge in [0.1, 0.15) is 22.6 Å². The van der Waals surface area contributed by atoms with Crippen LogP contribution in [-0.2, 0) is 15.4 Å². The fourth-order valence-corrected chi connectivity index (χ4v) is 7.01. The van der Waals surface area contributed by atoms with E-state index < -0.39 is 15.4 Å². The summed E-state index contributed by atoms with van der Waals surface area (Å²) in [5, 5.41) is 21.1. The van der Waals surface area contributed by atoms with Crippen molar-refractivity contribution in [2.45, 2.75) is 68.0 Å². The van der Waals surface area contributed by atoms with Gasteiger partial charge in [-0.3, -0.25) is 14.9 Å². The zero-order valence-corrected chi connectivity index (χ0v) is 22.6. The number of anilines is 1. The van der Waals surface area contributed by atoms with E-state index in [4.69, 9.17) is 10.7 Å². The van der Waals surface area contributed by atoms with Gasteiger partial charge in [-0.2, -0.15) is 14.7 Å². The van der Waals surface area contributed by atoms with Crippen LogP contribution in [0.25, 0.3) is 16.8 Å². The molecule has 0 aliphatic carbocycles. The second-order valence-electron chi connectivity index (χ2n) is 10.9. The normalized spacial score (nSPS) is 21.5. The van der Waals surface area contributed by atoms with Gasteiger partial charge < -0.3 is 15.7 Å². The van der Waals surface area contributed by atoms with Crippen LogP contribution in [0.4, 0.5) is 5.82 Å². The van der Waals surface area contributed by atoms with E-state index in [9.17, 15) is 18.3 Å². The molecule has 2 aliphatic rings. The van der Waals surface area contributed by atoms with Gasteiger partial charge in [-0.25, -0.2) is 18.4 Å². The summed E-state index contributed by atoms with van der Waals surface area (Å²) in [5.74, 6) is -0.238. The first-order chi connectivity index (χ1) is 18.4. The maximum absolute atomic E-state index is 13.1. The first-order valence-corrected chi connectivity index (χ1v) is 14.6. The van der Waals surface area contributed by atoms with Crippen LogP contribution in [0, 0.1) is 0 Å². The minimum atomic E-state index is -3.75. The van der Waals surface area contributed by atoms with Crippen molar-refractivity contribution in [3.8, 4) is 11.1 Å². The van der Waals surface area contributed by atoms with E-state index in [2.05, 4.69) is 25.3 Å². The van der Waals surface area contributed by atoms with Crippen molar-refractivity contribution >= 4 is 27.2 Å². The number of amides is 1. The number of carbonyl (C=O) groups is 1. The quantitative estimate of drug-likeness (QED) is 0.329. The standard InChI is InChI=1S/C25H29N9O4S/c1-25(2,36)18-7-4-13(10-27-18)17-11-30-34-21(26)20(39(3,37)38)19(31-23(17)34)14-8-15-5-6-16(9-14)33(15)24(35)22-28-12-29-32-22/h4,7,10-12,14-16,36H,5-6,8-9,26H2,1-3H3,(H,28,29,32).